The van der Waals surface area contributed by atoms with Crippen molar-refractivity contribution in [2.24, 2.45) is 0 Å². The van der Waals surface area contributed by atoms with Crippen LogP contribution < -0.4 is 0 Å². The SMILES string of the molecule is CCC#CC(=O)CCC. The molecule has 0 bridgehead atoms. The van der Waals surface area contributed by atoms with E-state index in [0.29, 0.717) is 6.42 Å². The average Bonchev–Trinajstić information content (AvgIpc) is 1.85. The number of ketones is 1. The molecule has 9 heavy (non-hydrogen) atoms. The molecule has 0 aromatic heterocycles. The van der Waals surface area contributed by atoms with Gasteiger partial charge in [-0.05, 0) is 12.3 Å². The van der Waals surface area contributed by atoms with Crippen LogP contribution >= 0.6 is 0 Å². The van der Waals surface area contributed by atoms with Crippen molar-refractivity contribution in [2.45, 2.75) is 33.1 Å². The first-order chi connectivity index (χ1) is 4.31. The molecule has 0 aliphatic heterocycles. The van der Waals surface area contributed by atoms with Crippen molar-refractivity contribution in [3.8, 4) is 11.8 Å². The Kier molecular flexibility index (Phi) is 4.91. The molecule has 0 aromatic rings. The predicted molar refractivity (Wildman–Crippen MR) is 38.0 cm³/mol. The average molecular weight is 124 g/mol. The van der Waals surface area contributed by atoms with E-state index in [1.807, 2.05) is 13.8 Å². The Bertz CT molecular complexity index is 136. The summed E-state index contributed by atoms with van der Waals surface area (Å²) in [4.78, 5) is 10.6. The van der Waals surface area contributed by atoms with Crippen LogP contribution in [0, 0.1) is 11.8 Å². The standard InChI is InChI=1S/C8H12O/c1-3-5-7-8(9)6-4-2/h3-4,6H2,1-2H3. The lowest BCUT2D eigenvalue weighted by Gasteiger charge is -1.82. The van der Waals surface area contributed by atoms with Crippen molar-refractivity contribution in [1.82, 2.24) is 0 Å². The molecule has 0 aromatic carbocycles. The van der Waals surface area contributed by atoms with Crippen molar-refractivity contribution in [3.63, 3.8) is 0 Å². The molecule has 1 heteroatoms. The highest BCUT2D eigenvalue weighted by atomic mass is 16.1. The molecule has 0 spiro atoms. The van der Waals surface area contributed by atoms with Gasteiger partial charge in [-0.15, -0.1) is 0 Å². The summed E-state index contributed by atoms with van der Waals surface area (Å²) < 4.78 is 0. The third kappa shape index (κ3) is 5.10. The van der Waals surface area contributed by atoms with Gasteiger partial charge in [-0.2, -0.15) is 0 Å². The molecule has 0 unspecified atom stereocenters. The van der Waals surface area contributed by atoms with E-state index >= 15 is 0 Å². The van der Waals surface area contributed by atoms with Gasteiger partial charge in [-0.1, -0.05) is 19.8 Å². The Balaban J connectivity index is 3.49. The van der Waals surface area contributed by atoms with Crippen molar-refractivity contribution >= 4 is 5.78 Å². The Morgan fingerprint density at radius 3 is 2.56 bits per heavy atom. The number of carbonyl (C=O) groups excluding carboxylic acids is 1. The molecule has 0 amide bonds. The lowest BCUT2D eigenvalue weighted by molar-refractivity contribution is -0.113. The fourth-order valence-corrected chi connectivity index (χ4v) is 0.477. The zero-order chi connectivity index (χ0) is 7.11. The Hall–Kier alpha value is -0.770. The number of carbonyl (C=O) groups is 1. The van der Waals surface area contributed by atoms with Gasteiger partial charge >= 0.3 is 0 Å². The van der Waals surface area contributed by atoms with E-state index in [4.69, 9.17) is 0 Å². The van der Waals surface area contributed by atoms with E-state index in [1.165, 1.54) is 0 Å². The smallest absolute Gasteiger partial charge is 0.205 e. The first-order valence-corrected chi connectivity index (χ1v) is 3.33. The summed E-state index contributed by atoms with van der Waals surface area (Å²) in [5.74, 6) is 5.35. The van der Waals surface area contributed by atoms with Crippen LogP contribution in [0.15, 0.2) is 0 Å². The summed E-state index contributed by atoms with van der Waals surface area (Å²) in [6.45, 7) is 3.91. The fourth-order valence-electron chi connectivity index (χ4n) is 0.477. The molecule has 0 atom stereocenters. The van der Waals surface area contributed by atoms with Gasteiger partial charge in [0.2, 0.25) is 5.78 Å². The van der Waals surface area contributed by atoms with Crippen molar-refractivity contribution in [2.75, 3.05) is 0 Å². The molecule has 0 aliphatic carbocycles. The summed E-state index contributed by atoms with van der Waals surface area (Å²) in [6.07, 6.45) is 2.28. The van der Waals surface area contributed by atoms with Gasteiger partial charge in [0.25, 0.3) is 0 Å². The normalized spacial score (nSPS) is 7.78. The highest BCUT2D eigenvalue weighted by molar-refractivity contribution is 5.95. The van der Waals surface area contributed by atoms with Crippen LogP contribution in [-0.2, 0) is 4.79 Å². The monoisotopic (exact) mass is 124 g/mol. The number of Topliss-reactive ketones (excluding diaryl/α,β-unsaturated/α-hetero) is 1. The summed E-state index contributed by atoms with van der Waals surface area (Å²) in [6, 6.07) is 0. The highest BCUT2D eigenvalue weighted by Gasteiger charge is 1.90. The van der Waals surface area contributed by atoms with Gasteiger partial charge in [-0.3, -0.25) is 4.79 Å². The summed E-state index contributed by atoms with van der Waals surface area (Å²) >= 11 is 0. The molecule has 0 N–H and O–H groups in total. The lowest BCUT2D eigenvalue weighted by atomic mass is 10.2. The quantitative estimate of drug-likeness (QED) is 0.405. The van der Waals surface area contributed by atoms with Gasteiger partial charge in [0.05, 0.1) is 0 Å². The minimum absolute atomic E-state index is 0.0688. The van der Waals surface area contributed by atoms with Crippen LogP contribution in [0.5, 0.6) is 0 Å². The molecule has 0 saturated carbocycles. The Morgan fingerprint density at radius 1 is 1.44 bits per heavy atom. The minimum atomic E-state index is 0.0688. The second-order valence-corrected chi connectivity index (χ2v) is 1.83. The van der Waals surface area contributed by atoms with E-state index in [2.05, 4.69) is 11.8 Å². The Labute approximate surface area is 56.5 Å². The van der Waals surface area contributed by atoms with Crippen molar-refractivity contribution in [1.29, 1.82) is 0 Å². The van der Waals surface area contributed by atoms with E-state index in [1.54, 1.807) is 0 Å². The van der Waals surface area contributed by atoms with Gasteiger partial charge in [0.15, 0.2) is 0 Å². The minimum Gasteiger partial charge on any atom is -0.285 e. The molecule has 0 saturated heterocycles. The maximum Gasteiger partial charge on any atom is 0.205 e. The number of hydrogen-bond acceptors (Lipinski definition) is 1. The molecule has 50 valence electrons. The second-order valence-electron chi connectivity index (χ2n) is 1.83. The van der Waals surface area contributed by atoms with Crippen LogP contribution in [0.2, 0.25) is 0 Å². The maximum atomic E-state index is 10.6. The van der Waals surface area contributed by atoms with Gasteiger partial charge in [-0.25, -0.2) is 0 Å². The zero-order valence-electron chi connectivity index (χ0n) is 6.03. The van der Waals surface area contributed by atoms with Gasteiger partial charge in [0.1, 0.15) is 0 Å². The Morgan fingerprint density at radius 2 is 2.11 bits per heavy atom. The molecular weight excluding hydrogens is 112 g/mol. The van der Waals surface area contributed by atoms with Crippen LogP contribution in [0.25, 0.3) is 0 Å². The number of rotatable bonds is 2. The third-order valence-corrected chi connectivity index (χ3v) is 0.882. The zero-order valence-corrected chi connectivity index (χ0v) is 6.03. The molecule has 1 nitrogen and oxygen atoms in total. The lowest BCUT2D eigenvalue weighted by Crippen LogP contribution is -1.89. The van der Waals surface area contributed by atoms with E-state index < -0.39 is 0 Å². The summed E-state index contributed by atoms with van der Waals surface area (Å²) in [5, 5.41) is 0. The topological polar surface area (TPSA) is 17.1 Å². The molecule has 0 aliphatic rings. The largest absolute Gasteiger partial charge is 0.285 e. The molecular formula is C8H12O. The number of hydrogen-bond donors (Lipinski definition) is 0. The van der Waals surface area contributed by atoms with Crippen molar-refractivity contribution < 1.29 is 4.79 Å². The molecule has 0 radical (unpaired) electrons. The maximum absolute atomic E-state index is 10.6. The van der Waals surface area contributed by atoms with Crippen LogP contribution in [0.3, 0.4) is 0 Å². The van der Waals surface area contributed by atoms with Gasteiger partial charge in [0, 0.05) is 12.8 Å². The first kappa shape index (κ1) is 8.23. The molecule has 0 heterocycles. The van der Waals surface area contributed by atoms with Crippen LogP contribution in [-0.4, -0.2) is 5.78 Å². The second kappa shape index (κ2) is 5.37. The summed E-state index contributed by atoms with van der Waals surface area (Å²) in [7, 11) is 0. The van der Waals surface area contributed by atoms with E-state index in [0.717, 1.165) is 12.8 Å². The van der Waals surface area contributed by atoms with Crippen LogP contribution in [0.4, 0.5) is 0 Å². The molecule has 0 fully saturated rings. The third-order valence-electron chi connectivity index (χ3n) is 0.882. The van der Waals surface area contributed by atoms with E-state index in [-0.39, 0.29) is 5.78 Å². The highest BCUT2D eigenvalue weighted by Crippen LogP contribution is 1.86. The first-order valence-electron chi connectivity index (χ1n) is 3.33. The van der Waals surface area contributed by atoms with E-state index in [9.17, 15) is 4.79 Å². The fraction of sp³-hybridized carbons (Fsp3) is 0.625. The van der Waals surface area contributed by atoms with Crippen molar-refractivity contribution in [3.05, 3.63) is 0 Å². The predicted octanol–water partition coefficient (Wildman–Crippen LogP) is 1.77. The van der Waals surface area contributed by atoms with Crippen LogP contribution in [0.1, 0.15) is 33.1 Å². The van der Waals surface area contributed by atoms with Gasteiger partial charge < -0.3 is 0 Å². The molecule has 0 rings (SSSR count). The summed E-state index contributed by atoms with van der Waals surface area (Å²) in [5.41, 5.74) is 0.